The molecule has 0 spiro atoms. The minimum atomic E-state index is -4.54. The fraction of sp³-hybridized carbons (Fsp3) is 0.320. The van der Waals surface area contributed by atoms with Crippen LogP contribution in [0, 0.1) is 0 Å². The van der Waals surface area contributed by atoms with E-state index in [1.54, 1.807) is 44.2 Å². The SMILES string of the molecule is CC1(C)C(C(=O)C=O)N(c2cc(C(F)(F)F)cs2)CN1Cc1ccnc(NS(=O)(=O)NCc2ccccc2)c1. The molecule has 208 valence electrons. The van der Waals surface area contributed by atoms with Gasteiger partial charge >= 0.3 is 16.4 Å². The van der Waals surface area contributed by atoms with Crippen molar-refractivity contribution < 1.29 is 31.2 Å². The van der Waals surface area contributed by atoms with Gasteiger partial charge in [-0.2, -0.15) is 26.3 Å². The van der Waals surface area contributed by atoms with Crippen molar-refractivity contribution in [3.63, 3.8) is 0 Å². The highest BCUT2D eigenvalue weighted by Gasteiger charge is 2.50. The number of benzene rings is 1. The number of nitrogens with zero attached hydrogens (tertiary/aromatic N) is 3. The Bertz CT molecular complexity index is 1450. The Hall–Kier alpha value is -3.33. The fourth-order valence-corrected chi connectivity index (χ4v) is 6.20. The van der Waals surface area contributed by atoms with E-state index >= 15 is 0 Å². The molecule has 9 nitrogen and oxygen atoms in total. The van der Waals surface area contributed by atoms with Gasteiger partial charge in [-0.25, -0.2) is 4.98 Å². The lowest BCUT2D eigenvalue weighted by molar-refractivity contribution is -0.137. The third-order valence-corrected chi connectivity index (χ3v) is 8.41. The molecule has 0 bridgehead atoms. The van der Waals surface area contributed by atoms with Crippen LogP contribution in [0.1, 0.15) is 30.5 Å². The number of carbonyl (C=O) groups excluding carboxylic acids is 2. The van der Waals surface area contributed by atoms with Gasteiger partial charge in [-0.15, -0.1) is 11.3 Å². The van der Waals surface area contributed by atoms with Gasteiger partial charge in [-0.1, -0.05) is 30.3 Å². The molecule has 0 aliphatic carbocycles. The first-order chi connectivity index (χ1) is 18.3. The van der Waals surface area contributed by atoms with Crippen LogP contribution in [0.4, 0.5) is 24.0 Å². The molecule has 1 saturated heterocycles. The average molecular weight is 582 g/mol. The fourth-order valence-electron chi connectivity index (χ4n) is 4.44. The second kappa shape index (κ2) is 11.0. The van der Waals surface area contributed by atoms with Crippen LogP contribution in [-0.2, 0) is 39.1 Å². The highest BCUT2D eigenvalue weighted by molar-refractivity contribution is 7.90. The number of aldehydes is 1. The Labute approximate surface area is 227 Å². The number of Topliss-reactive ketones (excluding diaryl/α,β-unsaturated/α-hetero) is 1. The molecular formula is C25H26F3N5O4S2. The largest absolute Gasteiger partial charge is 0.417 e. The minimum absolute atomic E-state index is 0.0653. The van der Waals surface area contributed by atoms with Crippen molar-refractivity contribution in [2.24, 2.45) is 0 Å². The number of thiophene rings is 1. The van der Waals surface area contributed by atoms with E-state index in [4.69, 9.17) is 0 Å². The predicted octanol–water partition coefficient (Wildman–Crippen LogP) is 3.80. The van der Waals surface area contributed by atoms with Gasteiger partial charge < -0.3 is 4.90 Å². The van der Waals surface area contributed by atoms with Gasteiger partial charge in [-0.05, 0) is 43.2 Å². The van der Waals surface area contributed by atoms with Gasteiger partial charge in [0, 0.05) is 30.2 Å². The summed E-state index contributed by atoms with van der Waals surface area (Å²) in [4.78, 5) is 31.5. The number of hydrogen-bond donors (Lipinski definition) is 2. The molecule has 4 rings (SSSR count). The monoisotopic (exact) mass is 581 g/mol. The summed E-state index contributed by atoms with van der Waals surface area (Å²) >= 11 is 0.844. The van der Waals surface area contributed by atoms with Crippen LogP contribution in [0.15, 0.2) is 60.1 Å². The van der Waals surface area contributed by atoms with Crippen LogP contribution in [-0.4, -0.2) is 48.6 Å². The Morgan fingerprint density at radius 1 is 1.18 bits per heavy atom. The summed E-state index contributed by atoms with van der Waals surface area (Å²) in [5.74, 6) is -0.687. The van der Waals surface area contributed by atoms with Crippen LogP contribution in [0.3, 0.4) is 0 Å². The number of hydrogen-bond acceptors (Lipinski definition) is 8. The Balaban J connectivity index is 1.52. The van der Waals surface area contributed by atoms with Gasteiger partial charge in [0.15, 0.2) is 6.29 Å². The number of nitrogens with one attached hydrogen (secondary N) is 2. The van der Waals surface area contributed by atoms with E-state index in [1.165, 1.54) is 17.2 Å². The molecule has 1 aromatic carbocycles. The van der Waals surface area contributed by atoms with E-state index in [1.807, 2.05) is 11.0 Å². The van der Waals surface area contributed by atoms with E-state index < -0.39 is 39.3 Å². The van der Waals surface area contributed by atoms with Crippen LogP contribution in [0.2, 0.25) is 0 Å². The van der Waals surface area contributed by atoms with Gasteiger partial charge in [0.2, 0.25) is 5.78 Å². The van der Waals surface area contributed by atoms with Crippen LogP contribution < -0.4 is 14.3 Å². The van der Waals surface area contributed by atoms with Crippen molar-refractivity contribution in [2.45, 2.75) is 44.7 Å². The average Bonchev–Trinajstić information content (AvgIpc) is 3.46. The molecule has 0 radical (unpaired) electrons. The molecule has 0 saturated carbocycles. The number of aromatic nitrogens is 1. The minimum Gasteiger partial charge on any atom is -0.338 e. The molecule has 1 fully saturated rings. The number of halogens is 3. The number of rotatable bonds is 10. The molecule has 0 amide bonds. The van der Waals surface area contributed by atoms with Gasteiger partial charge in [0.05, 0.1) is 17.2 Å². The second-order valence-electron chi connectivity index (χ2n) is 9.52. The molecule has 39 heavy (non-hydrogen) atoms. The van der Waals surface area contributed by atoms with Crippen molar-refractivity contribution >= 4 is 44.4 Å². The summed E-state index contributed by atoms with van der Waals surface area (Å²) in [6, 6.07) is 12.1. The lowest BCUT2D eigenvalue weighted by Crippen LogP contribution is -2.51. The molecule has 3 heterocycles. The molecule has 3 aromatic rings. The van der Waals surface area contributed by atoms with E-state index in [-0.39, 0.29) is 36.9 Å². The number of alkyl halides is 3. The maximum atomic E-state index is 13.2. The van der Waals surface area contributed by atoms with Crippen LogP contribution in [0.25, 0.3) is 0 Å². The first-order valence-electron chi connectivity index (χ1n) is 11.7. The summed E-state index contributed by atoms with van der Waals surface area (Å²) < 4.78 is 69.5. The Morgan fingerprint density at radius 2 is 1.90 bits per heavy atom. The van der Waals surface area contributed by atoms with Crippen molar-refractivity contribution in [3.05, 3.63) is 76.8 Å². The van der Waals surface area contributed by atoms with Crippen molar-refractivity contribution in [1.82, 2.24) is 14.6 Å². The summed E-state index contributed by atoms with van der Waals surface area (Å²) in [5, 5.41) is 1.19. The van der Waals surface area contributed by atoms with Crippen molar-refractivity contribution in [3.8, 4) is 0 Å². The van der Waals surface area contributed by atoms with E-state index in [0.29, 0.717) is 5.56 Å². The second-order valence-corrected chi connectivity index (χ2v) is 11.9. The summed E-state index contributed by atoms with van der Waals surface area (Å²) in [7, 11) is -3.94. The third-order valence-electron chi connectivity index (χ3n) is 6.45. The number of pyridine rings is 1. The Kier molecular flexibility index (Phi) is 8.12. The molecule has 14 heteroatoms. The quantitative estimate of drug-likeness (QED) is 0.277. The molecule has 2 aromatic heterocycles. The number of anilines is 2. The molecule has 1 atom stereocenters. The first-order valence-corrected chi connectivity index (χ1v) is 14.1. The summed E-state index contributed by atoms with van der Waals surface area (Å²) in [6.45, 7) is 3.82. The smallest absolute Gasteiger partial charge is 0.338 e. The number of ketones is 1. The Morgan fingerprint density at radius 3 is 2.54 bits per heavy atom. The maximum Gasteiger partial charge on any atom is 0.417 e. The zero-order chi connectivity index (χ0) is 28.4. The van der Waals surface area contributed by atoms with Crippen LogP contribution in [0.5, 0.6) is 0 Å². The predicted molar refractivity (Wildman–Crippen MR) is 141 cm³/mol. The normalized spacial score (nSPS) is 17.8. The standard InChI is InChI=1S/C25H26F3N5O4S2/c1-24(2)23(20(35)14-34)33(22-11-19(15-38-22)25(26,27)28)16-32(24)13-18-8-9-29-21(10-18)31-39(36,37)30-12-17-6-4-3-5-7-17/h3-11,14-15,23,30H,12-13,16H2,1-2H3,(H,29,31). The zero-order valence-electron chi connectivity index (χ0n) is 21.0. The van der Waals surface area contributed by atoms with E-state index in [2.05, 4.69) is 14.4 Å². The lowest BCUT2D eigenvalue weighted by atomic mass is 9.91. The summed E-state index contributed by atoms with van der Waals surface area (Å²) in [6.07, 6.45) is -2.93. The molecular weight excluding hydrogens is 555 g/mol. The van der Waals surface area contributed by atoms with Gasteiger partial charge in [0.25, 0.3) is 0 Å². The topological polar surface area (TPSA) is 112 Å². The molecule has 1 aliphatic rings. The highest BCUT2D eigenvalue weighted by Crippen LogP contribution is 2.42. The van der Waals surface area contributed by atoms with Gasteiger partial charge in [-0.3, -0.25) is 19.2 Å². The maximum absolute atomic E-state index is 13.2. The first kappa shape index (κ1) is 28.7. The van der Waals surface area contributed by atoms with Crippen LogP contribution >= 0.6 is 11.3 Å². The molecule has 1 aliphatic heterocycles. The molecule has 2 N–H and O–H groups in total. The number of carbonyl (C=O) groups is 2. The van der Waals surface area contributed by atoms with Crippen molar-refractivity contribution in [1.29, 1.82) is 0 Å². The van der Waals surface area contributed by atoms with E-state index in [9.17, 15) is 31.2 Å². The highest BCUT2D eigenvalue weighted by atomic mass is 32.2. The lowest BCUT2D eigenvalue weighted by Gasteiger charge is -2.34. The zero-order valence-corrected chi connectivity index (χ0v) is 22.6. The van der Waals surface area contributed by atoms with E-state index in [0.717, 1.165) is 28.3 Å². The third kappa shape index (κ3) is 6.64. The van der Waals surface area contributed by atoms with Gasteiger partial charge in [0.1, 0.15) is 11.9 Å². The summed E-state index contributed by atoms with van der Waals surface area (Å²) in [5.41, 5.74) is -0.360. The van der Waals surface area contributed by atoms with Crippen molar-refractivity contribution in [2.75, 3.05) is 16.3 Å². The molecule has 1 unspecified atom stereocenters.